The molecule has 0 radical (unpaired) electrons. The second-order valence-corrected chi connectivity index (χ2v) is 4.03. The molecule has 5 heteroatoms. The van der Waals surface area contributed by atoms with Crippen LogP contribution in [-0.2, 0) is 4.74 Å². The van der Waals surface area contributed by atoms with E-state index in [2.05, 4.69) is 4.74 Å². The molecule has 16 heavy (non-hydrogen) atoms. The first-order chi connectivity index (χ1) is 7.39. The highest BCUT2D eigenvalue weighted by Crippen LogP contribution is 2.17. The lowest BCUT2D eigenvalue weighted by molar-refractivity contribution is -0.175. The van der Waals surface area contributed by atoms with E-state index in [1.54, 1.807) is 0 Å². The minimum atomic E-state index is -4.28. The lowest BCUT2D eigenvalue weighted by atomic mass is 9.95. The normalized spacial score (nSPS) is 14.4. The first kappa shape index (κ1) is 15.7. The van der Waals surface area contributed by atoms with Gasteiger partial charge in [0.25, 0.3) is 0 Å². The van der Waals surface area contributed by atoms with Crippen molar-refractivity contribution in [3.63, 3.8) is 0 Å². The third-order valence-electron chi connectivity index (χ3n) is 2.62. The van der Waals surface area contributed by atoms with Gasteiger partial charge in [-0.3, -0.25) is 0 Å². The fourth-order valence-electron chi connectivity index (χ4n) is 1.53. The Kier molecular flexibility index (Phi) is 7.76. The fourth-order valence-corrected chi connectivity index (χ4v) is 1.53. The predicted octanol–water partition coefficient (Wildman–Crippen LogP) is 3.14. The van der Waals surface area contributed by atoms with E-state index >= 15 is 0 Å². The average Bonchev–Trinajstić information content (AvgIpc) is 2.19. The van der Waals surface area contributed by atoms with Gasteiger partial charge in [0.2, 0.25) is 0 Å². The summed E-state index contributed by atoms with van der Waals surface area (Å²) >= 11 is 0. The Morgan fingerprint density at radius 2 is 1.75 bits per heavy atom. The van der Waals surface area contributed by atoms with Gasteiger partial charge in [-0.1, -0.05) is 26.7 Å². The Bertz CT molecular complexity index is 167. The largest absolute Gasteiger partial charge is 0.411 e. The van der Waals surface area contributed by atoms with Crippen molar-refractivity contribution in [2.75, 3.05) is 13.2 Å². The summed E-state index contributed by atoms with van der Waals surface area (Å²) in [7, 11) is 0. The molecule has 0 aromatic carbocycles. The molecule has 0 fully saturated rings. The molecule has 0 saturated carbocycles. The van der Waals surface area contributed by atoms with E-state index in [0.717, 1.165) is 12.8 Å². The van der Waals surface area contributed by atoms with Gasteiger partial charge in [-0.05, 0) is 18.8 Å². The quantitative estimate of drug-likeness (QED) is 0.662. The second kappa shape index (κ2) is 7.90. The Labute approximate surface area is 94.8 Å². The van der Waals surface area contributed by atoms with Crippen molar-refractivity contribution >= 4 is 0 Å². The molecule has 1 N–H and O–H groups in total. The smallest absolute Gasteiger partial charge is 0.393 e. The Morgan fingerprint density at radius 1 is 1.19 bits per heavy atom. The number of halogens is 3. The van der Waals surface area contributed by atoms with E-state index < -0.39 is 18.9 Å². The van der Waals surface area contributed by atoms with Crippen molar-refractivity contribution in [1.82, 2.24) is 0 Å². The molecular weight excluding hydrogens is 221 g/mol. The van der Waals surface area contributed by atoms with E-state index in [0.29, 0.717) is 12.3 Å². The summed E-state index contributed by atoms with van der Waals surface area (Å²) in [6.07, 6.45) is -1.96. The summed E-state index contributed by atoms with van der Waals surface area (Å²) in [4.78, 5) is 0. The van der Waals surface area contributed by atoms with Crippen LogP contribution in [0.2, 0.25) is 0 Å². The molecule has 0 aliphatic rings. The molecule has 0 aromatic heterocycles. The summed E-state index contributed by atoms with van der Waals surface area (Å²) in [6, 6.07) is 0. The molecule has 1 unspecified atom stereocenters. The van der Waals surface area contributed by atoms with Crippen molar-refractivity contribution in [3.8, 4) is 0 Å². The van der Waals surface area contributed by atoms with Gasteiger partial charge in [-0.2, -0.15) is 13.2 Å². The van der Waals surface area contributed by atoms with Crippen LogP contribution in [0.3, 0.4) is 0 Å². The Hall–Kier alpha value is -0.290. The minimum Gasteiger partial charge on any atom is -0.393 e. The van der Waals surface area contributed by atoms with Gasteiger partial charge in [0.15, 0.2) is 0 Å². The van der Waals surface area contributed by atoms with Crippen LogP contribution < -0.4 is 0 Å². The van der Waals surface area contributed by atoms with Crippen molar-refractivity contribution in [2.45, 2.75) is 51.8 Å². The second-order valence-electron chi connectivity index (χ2n) is 4.03. The minimum absolute atomic E-state index is 0.0408. The van der Waals surface area contributed by atoms with E-state index in [4.69, 9.17) is 0 Å². The maximum absolute atomic E-state index is 11.7. The molecular formula is C11H21F3O2. The Balaban J connectivity index is 3.54. The SMILES string of the molecule is CCC(CC)CC(O)CCOCC(F)(F)F. The molecule has 0 aliphatic heterocycles. The lowest BCUT2D eigenvalue weighted by Crippen LogP contribution is -2.20. The van der Waals surface area contributed by atoms with E-state index in [-0.39, 0.29) is 13.0 Å². The molecule has 0 aromatic rings. The zero-order chi connectivity index (χ0) is 12.6. The van der Waals surface area contributed by atoms with Gasteiger partial charge >= 0.3 is 6.18 Å². The van der Waals surface area contributed by atoms with Crippen LogP contribution in [0.15, 0.2) is 0 Å². The highest BCUT2D eigenvalue weighted by molar-refractivity contribution is 4.63. The number of hydrogen-bond donors (Lipinski definition) is 1. The van der Waals surface area contributed by atoms with Crippen LogP contribution in [0, 0.1) is 5.92 Å². The molecule has 1 atom stereocenters. The van der Waals surface area contributed by atoms with Gasteiger partial charge in [0.05, 0.1) is 6.10 Å². The van der Waals surface area contributed by atoms with Gasteiger partial charge in [-0.15, -0.1) is 0 Å². The molecule has 0 bridgehead atoms. The van der Waals surface area contributed by atoms with Gasteiger partial charge in [0, 0.05) is 6.61 Å². The zero-order valence-electron chi connectivity index (χ0n) is 9.89. The number of ether oxygens (including phenoxy) is 1. The van der Waals surface area contributed by atoms with Crippen LogP contribution in [0.1, 0.15) is 39.5 Å². The van der Waals surface area contributed by atoms with Gasteiger partial charge < -0.3 is 9.84 Å². The third kappa shape index (κ3) is 8.97. The summed E-state index contributed by atoms with van der Waals surface area (Å²) in [5.41, 5.74) is 0. The zero-order valence-corrected chi connectivity index (χ0v) is 9.89. The topological polar surface area (TPSA) is 29.5 Å². The average molecular weight is 242 g/mol. The summed E-state index contributed by atoms with van der Waals surface area (Å²) in [6.45, 7) is 2.81. The molecule has 0 heterocycles. The van der Waals surface area contributed by atoms with Crippen molar-refractivity contribution in [2.24, 2.45) is 5.92 Å². The lowest BCUT2D eigenvalue weighted by Gasteiger charge is -2.17. The monoisotopic (exact) mass is 242 g/mol. The maximum Gasteiger partial charge on any atom is 0.411 e. The van der Waals surface area contributed by atoms with E-state index in [1.807, 2.05) is 13.8 Å². The van der Waals surface area contributed by atoms with Crippen molar-refractivity contribution in [3.05, 3.63) is 0 Å². The number of aliphatic hydroxyl groups excluding tert-OH is 1. The summed E-state index contributed by atoms with van der Waals surface area (Å²) in [5, 5.41) is 9.55. The molecule has 0 aliphatic carbocycles. The van der Waals surface area contributed by atoms with Crippen LogP contribution in [0.4, 0.5) is 13.2 Å². The highest BCUT2D eigenvalue weighted by Gasteiger charge is 2.27. The number of aliphatic hydroxyl groups is 1. The van der Waals surface area contributed by atoms with E-state index in [1.165, 1.54) is 0 Å². The number of hydrogen-bond acceptors (Lipinski definition) is 2. The van der Waals surface area contributed by atoms with Crippen molar-refractivity contribution < 1.29 is 23.0 Å². The first-order valence-electron chi connectivity index (χ1n) is 5.71. The molecule has 0 saturated heterocycles. The molecule has 0 spiro atoms. The van der Waals surface area contributed by atoms with Crippen LogP contribution >= 0.6 is 0 Å². The summed E-state index contributed by atoms with van der Waals surface area (Å²) in [5.74, 6) is 0.442. The maximum atomic E-state index is 11.7. The third-order valence-corrected chi connectivity index (χ3v) is 2.62. The summed E-state index contributed by atoms with van der Waals surface area (Å²) < 4.78 is 39.6. The van der Waals surface area contributed by atoms with Crippen LogP contribution in [0.25, 0.3) is 0 Å². The molecule has 0 amide bonds. The van der Waals surface area contributed by atoms with Crippen molar-refractivity contribution in [1.29, 1.82) is 0 Å². The molecule has 0 rings (SSSR count). The number of rotatable bonds is 8. The standard InChI is InChI=1S/C11H21F3O2/c1-3-9(4-2)7-10(15)5-6-16-8-11(12,13)14/h9-10,15H,3-8H2,1-2H3. The first-order valence-corrected chi connectivity index (χ1v) is 5.71. The van der Waals surface area contributed by atoms with Crippen LogP contribution in [-0.4, -0.2) is 30.6 Å². The predicted molar refractivity (Wildman–Crippen MR) is 56.2 cm³/mol. The van der Waals surface area contributed by atoms with Crippen LogP contribution in [0.5, 0.6) is 0 Å². The molecule has 98 valence electrons. The van der Waals surface area contributed by atoms with E-state index in [9.17, 15) is 18.3 Å². The number of alkyl halides is 3. The van der Waals surface area contributed by atoms with Gasteiger partial charge in [-0.25, -0.2) is 0 Å². The van der Waals surface area contributed by atoms with Gasteiger partial charge in [0.1, 0.15) is 6.61 Å². The fraction of sp³-hybridized carbons (Fsp3) is 1.00. The molecule has 2 nitrogen and oxygen atoms in total. The Morgan fingerprint density at radius 3 is 2.19 bits per heavy atom. The highest BCUT2D eigenvalue weighted by atomic mass is 19.4.